The van der Waals surface area contributed by atoms with E-state index in [0.29, 0.717) is 13.1 Å². The van der Waals surface area contributed by atoms with E-state index in [2.05, 4.69) is 0 Å². The molecule has 0 aliphatic carbocycles. The molecule has 144 valence electrons. The van der Waals surface area contributed by atoms with Gasteiger partial charge in [0.25, 0.3) is 0 Å². The quantitative estimate of drug-likeness (QED) is 0.736. The summed E-state index contributed by atoms with van der Waals surface area (Å²) in [6.07, 6.45) is 3.00. The zero-order chi connectivity index (χ0) is 19.3. The Balaban J connectivity index is 1.83. The predicted octanol–water partition coefficient (Wildman–Crippen LogP) is 2.73. The molecular weight excluding hydrogens is 352 g/mol. The molecule has 6 nitrogen and oxygen atoms in total. The van der Waals surface area contributed by atoms with Gasteiger partial charge in [0.2, 0.25) is 5.91 Å². The van der Waals surface area contributed by atoms with Crippen molar-refractivity contribution in [3.8, 4) is 0 Å². The summed E-state index contributed by atoms with van der Waals surface area (Å²) in [7, 11) is 1.82. The zero-order valence-corrected chi connectivity index (χ0v) is 16.6. The molecular formula is C19H28N2O4S. The molecule has 0 saturated carbocycles. The fourth-order valence-electron chi connectivity index (χ4n) is 3.53. The van der Waals surface area contributed by atoms with Crippen LogP contribution in [0.1, 0.15) is 52.2 Å². The van der Waals surface area contributed by atoms with Gasteiger partial charge in [0.15, 0.2) is 5.78 Å². The molecule has 1 unspecified atom stereocenters. The van der Waals surface area contributed by atoms with E-state index in [1.807, 2.05) is 36.8 Å². The van der Waals surface area contributed by atoms with E-state index in [4.69, 9.17) is 5.11 Å². The number of likely N-dealkylation sites (N-methyl/N-ethyl adjacent to an activating group) is 1. The number of carboxylic acids is 1. The predicted molar refractivity (Wildman–Crippen MR) is 102 cm³/mol. The molecule has 0 radical (unpaired) electrons. The minimum atomic E-state index is -0.831. The standard InChI is InChI=1S/C19H28N2O4S/c1-13-11-16(14(2)26-13)17(22)6-7-18(23)21-9-4-5-15(8-10-21)20(3)12-19(24)25/h11,15H,4-10,12H2,1-3H3,(H,24,25). The molecule has 1 saturated heterocycles. The second-order valence-electron chi connectivity index (χ2n) is 7.02. The first-order chi connectivity index (χ1) is 12.3. The molecule has 26 heavy (non-hydrogen) atoms. The molecule has 7 heteroatoms. The van der Waals surface area contributed by atoms with Gasteiger partial charge in [-0.1, -0.05) is 0 Å². The molecule has 1 fully saturated rings. The number of carbonyl (C=O) groups excluding carboxylic acids is 2. The lowest BCUT2D eigenvalue weighted by molar-refractivity contribution is -0.138. The highest BCUT2D eigenvalue weighted by Gasteiger charge is 2.24. The van der Waals surface area contributed by atoms with Crippen molar-refractivity contribution < 1.29 is 19.5 Å². The van der Waals surface area contributed by atoms with Crippen LogP contribution in [0.2, 0.25) is 0 Å². The third-order valence-corrected chi connectivity index (χ3v) is 5.93. The molecule has 1 aromatic heterocycles. The Hall–Kier alpha value is -1.73. The third kappa shape index (κ3) is 5.64. The van der Waals surface area contributed by atoms with Gasteiger partial charge in [0, 0.05) is 47.3 Å². The van der Waals surface area contributed by atoms with Crippen LogP contribution in [0.5, 0.6) is 0 Å². The number of aliphatic carboxylic acids is 1. The summed E-state index contributed by atoms with van der Waals surface area (Å²) in [5, 5.41) is 8.92. The van der Waals surface area contributed by atoms with Crippen LogP contribution in [0, 0.1) is 13.8 Å². The van der Waals surface area contributed by atoms with E-state index in [1.165, 1.54) is 0 Å². The molecule has 1 amide bonds. The van der Waals surface area contributed by atoms with E-state index >= 15 is 0 Å². The molecule has 0 aromatic carbocycles. The minimum Gasteiger partial charge on any atom is -0.480 e. The zero-order valence-electron chi connectivity index (χ0n) is 15.8. The fraction of sp³-hybridized carbons (Fsp3) is 0.632. The first kappa shape index (κ1) is 20.6. The average Bonchev–Trinajstić information content (AvgIpc) is 2.77. The van der Waals surface area contributed by atoms with Crippen LogP contribution < -0.4 is 0 Å². The first-order valence-electron chi connectivity index (χ1n) is 9.08. The molecule has 1 aliphatic rings. The van der Waals surface area contributed by atoms with Crippen LogP contribution in [-0.4, -0.2) is 65.3 Å². The van der Waals surface area contributed by atoms with Crippen LogP contribution in [0.4, 0.5) is 0 Å². The largest absolute Gasteiger partial charge is 0.480 e. The monoisotopic (exact) mass is 380 g/mol. The molecule has 0 spiro atoms. The molecule has 1 aromatic rings. The second-order valence-corrected chi connectivity index (χ2v) is 8.48. The number of carboxylic acid groups (broad SMARTS) is 1. The van der Waals surface area contributed by atoms with Crippen LogP contribution in [-0.2, 0) is 9.59 Å². The van der Waals surface area contributed by atoms with Crippen molar-refractivity contribution in [1.29, 1.82) is 0 Å². The van der Waals surface area contributed by atoms with Gasteiger partial charge >= 0.3 is 5.97 Å². The van der Waals surface area contributed by atoms with Gasteiger partial charge in [-0.25, -0.2) is 0 Å². The SMILES string of the molecule is Cc1cc(C(=O)CCC(=O)N2CCCC(N(C)CC(=O)O)CC2)c(C)s1. The maximum Gasteiger partial charge on any atom is 0.317 e. The summed E-state index contributed by atoms with van der Waals surface area (Å²) in [6.45, 7) is 5.25. The van der Waals surface area contributed by atoms with Gasteiger partial charge in [-0.05, 0) is 46.2 Å². The number of aryl methyl sites for hydroxylation is 2. The lowest BCUT2D eigenvalue weighted by Gasteiger charge is -2.25. The van der Waals surface area contributed by atoms with Gasteiger partial charge in [-0.3, -0.25) is 19.3 Å². The summed E-state index contributed by atoms with van der Waals surface area (Å²) >= 11 is 1.61. The van der Waals surface area contributed by atoms with E-state index < -0.39 is 5.97 Å². The number of hydrogen-bond acceptors (Lipinski definition) is 5. The van der Waals surface area contributed by atoms with Crippen LogP contribution in [0.15, 0.2) is 6.07 Å². The molecule has 2 heterocycles. The maximum atomic E-state index is 12.5. The van der Waals surface area contributed by atoms with Gasteiger partial charge in [-0.15, -0.1) is 11.3 Å². The Morgan fingerprint density at radius 3 is 2.58 bits per heavy atom. The van der Waals surface area contributed by atoms with Crippen LogP contribution >= 0.6 is 11.3 Å². The number of hydrogen-bond donors (Lipinski definition) is 1. The van der Waals surface area contributed by atoms with Crippen molar-refractivity contribution in [3.63, 3.8) is 0 Å². The molecule has 2 rings (SSSR count). The summed E-state index contributed by atoms with van der Waals surface area (Å²) in [5.41, 5.74) is 0.742. The number of nitrogens with zero attached hydrogens (tertiary/aromatic N) is 2. The van der Waals surface area contributed by atoms with Gasteiger partial charge in [0.1, 0.15) is 0 Å². The second kappa shape index (κ2) is 9.28. The van der Waals surface area contributed by atoms with Gasteiger partial charge in [0.05, 0.1) is 6.54 Å². The Kier molecular flexibility index (Phi) is 7.34. The van der Waals surface area contributed by atoms with Crippen molar-refractivity contribution in [2.45, 2.75) is 52.0 Å². The highest BCUT2D eigenvalue weighted by molar-refractivity contribution is 7.12. The van der Waals surface area contributed by atoms with Crippen molar-refractivity contribution in [1.82, 2.24) is 9.80 Å². The fourth-order valence-corrected chi connectivity index (χ4v) is 4.47. The van der Waals surface area contributed by atoms with Crippen molar-refractivity contribution >= 4 is 29.0 Å². The lowest BCUT2D eigenvalue weighted by Crippen LogP contribution is -2.37. The maximum absolute atomic E-state index is 12.5. The molecule has 0 bridgehead atoms. The minimum absolute atomic E-state index is 0.0180. The molecule has 1 atom stereocenters. The van der Waals surface area contributed by atoms with Crippen LogP contribution in [0.25, 0.3) is 0 Å². The average molecular weight is 381 g/mol. The van der Waals surface area contributed by atoms with Crippen molar-refractivity contribution in [2.24, 2.45) is 0 Å². The normalized spacial score (nSPS) is 18.0. The summed E-state index contributed by atoms with van der Waals surface area (Å²) < 4.78 is 0. The van der Waals surface area contributed by atoms with Crippen LogP contribution in [0.3, 0.4) is 0 Å². The number of carbonyl (C=O) groups is 3. The van der Waals surface area contributed by atoms with Crippen molar-refractivity contribution in [2.75, 3.05) is 26.7 Å². The van der Waals surface area contributed by atoms with Gasteiger partial charge in [-0.2, -0.15) is 0 Å². The number of Topliss-reactive ketones (excluding diaryl/α,β-unsaturated/α-hetero) is 1. The highest BCUT2D eigenvalue weighted by Crippen LogP contribution is 2.23. The van der Waals surface area contributed by atoms with E-state index in [1.54, 1.807) is 11.3 Å². The summed E-state index contributed by atoms with van der Waals surface area (Å²) in [4.78, 5) is 41.5. The van der Waals surface area contributed by atoms with Crippen molar-refractivity contribution in [3.05, 3.63) is 21.4 Å². The summed E-state index contributed by atoms with van der Waals surface area (Å²) in [6, 6.07) is 2.09. The number of ketones is 1. The Morgan fingerprint density at radius 2 is 1.96 bits per heavy atom. The molecule has 1 aliphatic heterocycles. The van der Waals surface area contributed by atoms with E-state index in [9.17, 15) is 14.4 Å². The number of thiophene rings is 1. The first-order valence-corrected chi connectivity index (χ1v) is 9.89. The number of likely N-dealkylation sites (tertiary alicyclic amines) is 1. The highest BCUT2D eigenvalue weighted by atomic mass is 32.1. The topological polar surface area (TPSA) is 77.9 Å². The Morgan fingerprint density at radius 1 is 1.23 bits per heavy atom. The smallest absolute Gasteiger partial charge is 0.317 e. The van der Waals surface area contributed by atoms with E-state index in [0.717, 1.165) is 34.6 Å². The third-order valence-electron chi connectivity index (χ3n) is 4.97. The summed E-state index contributed by atoms with van der Waals surface area (Å²) in [5.74, 6) is -0.777. The number of rotatable bonds is 7. The Bertz CT molecular complexity index is 670. The molecule has 1 N–H and O–H groups in total. The lowest BCUT2D eigenvalue weighted by atomic mass is 10.1. The number of amides is 1. The Labute approximate surface area is 158 Å². The van der Waals surface area contributed by atoms with Gasteiger partial charge < -0.3 is 10.0 Å². The van der Waals surface area contributed by atoms with E-state index in [-0.39, 0.29) is 37.1 Å².